The molecule has 0 radical (unpaired) electrons. The van der Waals surface area contributed by atoms with Crippen LogP contribution < -0.4 is 20.4 Å². The Morgan fingerprint density at radius 3 is 2.11 bits per heavy atom. The van der Waals surface area contributed by atoms with Crippen molar-refractivity contribution in [3.8, 4) is 5.75 Å². The molecule has 4 aromatic rings. The van der Waals surface area contributed by atoms with Crippen molar-refractivity contribution in [1.29, 1.82) is 0 Å². The topological polar surface area (TPSA) is 54.0 Å². The number of hydrogen-bond donors (Lipinski definition) is 3. The van der Waals surface area contributed by atoms with Gasteiger partial charge in [-0.1, -0.05) is 80.6 Å². The van der Waals surface area contributed by atoms with E-state index in [9.17, 15) is 5.11 Å². The Bertz CT molecular complexity index is 1690. The second-order valence-corrected chi connectivity index (χ2v) is 15.9. The van der Waals surface area contributed by atoms with Crippen molar-refractivity contribution >= 4 is 11.4 Å². The first kappa shape index (κ1) is 45.3. The first-order valence-corrected chi connectivity index (χ1v) is 21.5. The lowest BCUT2D eigenvalue weighted by Crippen LogP contribution is -2.38. The number of nitrogens with one attached hydrogen (secondary N) is 2. The van der Waals surface area contributed by atoms with E-state index in [1.54, 1.807) is 0 Å². The number of piperidine rings is 1. The van der Waals surface area contributed by atoms with Crippen LogP contribution in [0.5, 0.6) is 5.75 Å². The smallest absolute Gasteiger partial charge is 0.115 e. The molecule has 57 heavy (non-hydrogen) atoms. The molecule has 0 saturated carbocycles. The number of nitrogens with zero attached hydrogens (tertiary/aromatic N) is 3. The van der Waals surface area contributed by atoms with Crippen molar-refractivity contribution in [3.05, 3.63) is 151 Å². The standard InChI is InChI=1S/C35H46N4O.C8H17N.C6H6.C2H4/c1-25-5-9-32(20-30(25)22-36-3)39-19-18-37(24-39)23-27-14-16-38(17-15-27)31-10-7-28(8-11-31)35-26(2)4-6-29-21-33(40)12-13-34(29)35;1-4-6-7-8(5-2)9-3;1-2-4-6-5-3-1;1-2/h5,7-13,20-21,26-27,35-36,40H,4,6,14-19,22-24H2,1-3H3;4,8-9H,1,5-7H2,2-3H3;1-6H;1-2H2. The number of rotatable bonds is 12. The molecule has 308 valence electrons. The third-order valence-electron chi connectivity index (χ3n) is 12.1. The predicted molar refractivity (Wildman–Crippen MR) is 247 cm³/mol. The van der Waals surface area contributed by atoms with Gasteiger partial charge in [-0.2, -0.15) is 0 Å². The van der Waals surface area contributed by atoms with Gasteiger partial charge in [0, 0.05) is 62.6 Å². The molecule has 6 nitrogen and oxygen atoms in total. The fourth-order valence-electron chi connectivity index (χ4n) is 8.60. The summed E-state index contributed by atoms with van der Waals surface area (Å²) in [6.07, 6.45) is 10.3. The Morgan fingerprint density at radius 2 is 1.49 bits per heavy atom. The minimum atomic E-state index is 0.387. The first-order valence-electron chi connectivity index (χ1n) is 21.5. The van der Waals surface area contributed by atoms with E-state index >= 15 is 0 Å². The van der Waals surface area contributed by atoms with E-state index in [0.717, 1.165) is 51.6 Å². The van der Waals surface area contributed by atoms with Gasteiger partial charge in [-0.05, 0) is 142 Å². The molecule has 0 amide bonds. The Hall–Kier alpha value is -4.36. The molecule has 3 N–H and O–H groups in total. The van der Waals surface area contributed by atoms with E-state index in [1.165, 1.54) is 84.4 Å². The highest BCUT2D eigenvalue weighted by atomic mass is 16.3. The van der Waals surface area contributed by atoms with E-state index in [1.807, 2.05) is 68.7 Å². The minimum Gasteiger partial charge on any atom is -0.508 e. The maximum absolute atomic E-state index is 9.97. The van der Waals surface area contributed by atoms with Gasteiger partial charge in [0.25, 0.3) is 0 Å². The molecule has 7 rings (SSSR count). The van der Waals surface area contributed by atoms with Gasteiger partial charge < -0.3 is 25.5 Å². The van der Waals surface area contributed by atoms with Crippen molar-refractivity contribution in [2.24, 2.45) is 11.8 Å². The van der Waals surface area contributed by atoms with Crippen LogP contribution in [0.25, 0.3) is 0 Å². The van der Waals surface area contributed by atoms with E-state index in [2.05, 4.69) is 114 Å². The molecule has 3 atom stereocenters. The van der Waals surface area contributed by atoms with Crippen molar-refractivity contribution in [2.45, 2.75) is 84.2 Å². The zero-order valence-corrected chi connectivity index (χ0v) is 35.9. The van der Waals surface area contributed by atoms with E-state index in [0.29, 0.717) is 23.6 Å². The lowest BCUT2D eigenvalue weighted by molar-refractivity contribution is 0.251. The fraction of sp³-hybridized carbons (Fsp3) is 0.451. The van der Waals surface area contributed by atoms with Gasteiger partial charge in [-0.25, -0.2) is 0 Å². The highest BCUT2D eigenvalue weighted by molar-refractivity contribution is 5.52. The number of phenols is 1. The summed E-state index contributed by atoms with van der Waals surface area (Å²) in [6, 6.07) is 35.0. The molecule has 0 spiro atoms. The summed E-state index contributed by atoms with van der Waals surface area (Å²) in [5.41, 5.74) is 9.60. The van der Waals surface area contributed by atoms with E-state index in [4.69, 9.17) is 0 Å². The number of anilines is 2. The summed E-state index contributed by atoms with van der Waals surface area (Å²) in [7, 11) is 4.03. The summed E-state index contributed by atoms with van der Waals surface area (Å²) < 4.78 is 0. The van der Waals surface area contributed by atoms with Crippen LogP contribution >= 0.6 is 0 Å². The highest BCUT2D eigenvalue weighted by Gasteiger charge is 2.29. The summed E-state index contributed by atoms with van der Waals surface area (Å²) in [4.78, 5) is 7.79. The van der Waals surface area contributed by atoms with E-state index < -0.39 is 0 Å². The van der Waals surface area contributed by atoms with Crippen LogP contribution in [0.2, 0.25) is 0 Å². The zero-order chi connectivity index (χ0) is 41.0. The predicted octanol–water partition coefficient (Wildman–Crippen LogP) is 10.6. The number of phenolic OH excluding ortho intramolecular Hbond substituents is 1. The average molecular weight is 772 g/mol. The molecule has 2 heterocycles. The summed E-state index contributed by atoms with van der Waals surface area (Å²) in [6.45, 7) is 24.2. The van der Waals surface area contributed by atoms with Gasteiger partial charge in [0.15, 0.2) is 0 Å². The molecule has 3 aliphatic rings. The monoisotopic (exact) mass is 772 g/mol. The zero-order valence-electron chi connectivity index (χ0n) is 35.9. The Balaban J connectivity index is 0.000000354. The third kappa shape index (κ3) is 13.6. The number of hydrogen-bond acceptors (Lipinski definition) is 6. The van der Waals surface area contributed by atoms with Crippen molar-refractivity contribution < 1.29 is 5.11 Å². The lowest BCUT2D eigenvalue weighted by Gasteiger charge is -2.36. The second kappa shape index (κ2) is 24.4. The molecule has 0 bridgehead atoms. The largest absolute Gasteiger partial charge is 0.508 e. The quantitative estimate of drug-likeness (QED) is 0.125. The van der Waals surface area contributed by atoms with Gasteiger partial charge in [-0.3, -0.25) is 4.90 Å². The average Bonchev–Trinajstić information content (AvgIpc) is 3.73. The molecule has 2 fully saturated rings. The van der Waals surface area contributed by atoms with Gasteiger partial charge in [0.1, 0.15) is 5.75 Å². The van der Waals surface area contributed by atoms with Gasteiger partial charge in [0.05, 0.1) is 6.67 Å². The number of allylic oxidation sites excluding steroid dienone is 1. The van der Waals surface area contributed by atoms with Crippen LogP contribution in [0.4, 0.5) is 11.4 Å². The van der Waals surface area contributed by atoms with Crippen LogP contribution in [-0.2, 0) is 13.0 Å². The number of benzene rings is 4. The summed E-state index contributed by atoms with van der Waals surface area (Å²) >= 11 is 0. The molecule has 6 heteroatoms. The molecule has 3 unspecified atom stereocenters. The maximum atomic E-state index is 9.97. The Kier molecular flexibility index (Phi) is 19.4. The van der Waals surface area contributed by atoms with Gasteiger partial charge in [0.2, 0.25) is 0 Å². The number of aromatic hydroxyl groups is 1. The third-order valence-corrected chi connectivity index (χ3v) is 12.1. The summed E-state index contributed by atoms with van der Waals surface area (Å²) in [5, 5.41) is 16.5. The van der Waals surface area contributed by atoms with Crippen LogP contribution in [-0.4, -0.2) is 69.5 Å². The fourth-order valence-corrected chi connectivity index (χ4v) is 8.60. The van der Waals surface area contributed by atoms with E-state index in [-0.39, 0.29) is 0 Å². The van der Waals surface area contributed by atoms with Crippen LogP contribution in [0.15, 0.2) is 123 Å². The first-order chi connectivity index (χ1) is 27.8. The van der Waals surface area contributed by atoms with Crippen LogP contribution in [0.3, 0.4) is 0 Å². The Labute approximate surface area is 346 Å². The molecule has 1 aliphatic carbocycles. The normalized spacial score (nSPS) is 18.5. The summed E-state index contributed by atoms with van der Waals surface area (Å²) in [5.74, 6) is 2.20. The molecule has 4 aromatic carbocycles. The highest BCUT2D eigenvalue weighted by Crippen LogP contribution is 2.42. The Morgan fingerprint density at radius 1 is 0.825 bits per heavy atom. The lowest BCUT2D eigenvalue weighted by atomic mass is 9.72. The minimum absolute atomic E-state index is 0.387. The maximum Gasteiger partial charge on any atom is 0.115 e. The second-order valence-electron chi connectivity index (χ2n) is 15.9. The van der Waals surface area contributed by atoms with Crippen molar-refractivity contribution in [2.75, 3.05) is 63.3 Å². The number of aryl methyl sites for hydroxylation is 2. The van der Waals surface area contributed by atoms with Gasteiger partial charge >= 0.3 is 0 Å². The van der Waals surface area contributed by atoms with Crippen LogP contribution in [0.1, 0.15) is 86.1 Å². The molecular weight excluding hydrogens is 699 g/mol. The molecular formula is C51H73N5O. The number of fused-ring (bicyclic) bond motifs is 1. The van der Waals surface area contributed by atoms with Crippen molar-refractivity contribution in [1.82, 2.24) is 15.5 Å². The van der Waals surface area contributed by atoms with Crippen molar-refractivity contribution in [3.63, 3.8) is 0 Å². The molecule has 2 aliphatic heterocycles. The SMILES string of the molecule is C=C.C=CCCC(CC)NC.CNCc1cc(N2CCN(CC3CCN(c4ccc(C5c6ccc(O)cc6CCC5C)cc4)CC3)C2)ccc1C.c1ccccc1. The van der Waals surface area contributed by atoms with Gasteiger partial charge in [-0.15, -0.1) is 19.7 Å². The molecule has 2 saturated heterocycles. The molecule has 0 aromatic heterocycles. The van der Waals surface area contributed by atoms with Crippen LogP contribution in [0, 0.1) is 18.8 Å².